The number of nitrogens with zero attached hydrogens (tertiary/aromatic N) is 2. The fourth-order valence-electron chi connectivity index (χ4n) is 6.35. The van der Waals surface area contributed by atoms with E-state index < -0.39 is 17.5 Å². The Labute approximate surface area is 186 Å². The summed E-state index contributed by atoms with van der Waals surface area (Å²) >= 11 is 0. The second kappa shape index (κ2) is 6.80. The van der Waals surface area contributed by atoms with Gasteiger partial charge in [0.05, 0.1) is 8.85 Å². The first-order chi connectivity index (χ1) is 15.8. The molecule has 2 saturated carbocycles. The molecular formula is C26H31N3O2. The lowest BCUT2D eigenvalue weighted by Crippen LogP contribution is -2.48. The van der Waals surface area contributed by atoms with Crippen molar-refractivity contribution in [2.75, 3.05) is 13.7 Å². The van der Waals surface area contributed by atoms with Crippen molar-refractivity contribution in [2.45, 2.75) is 63.0 Å². The minimum Gasteiger partial charge on any atom is -0.462 e. The van der Waals surface area contributed by atoms with E-state index in [0.29, 0.717) is 11.8 Å². The molecule has 2 spiro atoms. The van der Waals surface area contributed by atoms with Gasteiger partial charge in [0.2, 0.25) is 0 Å². The topological polar surface area (TPSA) is 69.7 Å². The lowest BCUT2D eigenvalue weighted by Gasteiger charge is -2.47. The smallest absolute Gasteiger partial charge is 0.283 e. The van der Waals surface area contributed by atoms with Gasteiger partial charge in [-0.05, 0) is 84.7 Å². The minimum absolute atomic E-state index is 0.0588. The lowest BCUT2D eigenvalue weighted by atomic mass is 9.59. The van der Waals surface area contributed by atoms with Crippen LogP contribution < -0.4 is 5.73 Å². The normalized spacial score (nSPS) is 36.6. The zero-order valence-electron chi connectivity index (χ0n) is 20.2. The summed E-state index contributed by atoms with van der Waals surface area (Å²) in [7, 11) is 1.77. The third-order valence-corrected chi connectivity index (χ3v) is 8.08. The molecule has 6 rings (SSSR count). The van der Waals surface area contributed by atoms with Crippen LogP contribution in [-0.4, -0.2) is 30.8 Å². The van der Waals surface area contributed by atoms with Crippen LogP contribution in [0.25, 0.3) is 11.1 Å². The van der Waals surface area contributed by atoms with Crippen molar-refractivity contribution in [1.29, 1.82) is 0 Å². The lowest BCUT2D eigenvalue weighted by molar-refractivity contribution is -0.0445. The minimum atomic E-state index is -2.02. The molecule has 0 unspecified atom stereocenters. The molecule has 0 bridgehead atoms. The van der Waals surface area contributed by atoms with Gasteiger partial charge in [-0.1, -0.05) is 19.1 Å². The van der Waals surface area contributed by atoms with Gasteiger partial charge in [-0.15, -0.1) is 0 Å². The second-order valence-corrected chi connectivity index (χ2v) is 9.97. The molecule has 0 radical (unpaired) electrons. The van der Waals surface area contributed by atoms with Crippen LogP contribution in [0.4, 0.5) is 0 Å². The fourth-order valence-corrected chi connectivity index (χ4v) is 6.35. The number of aliphatic imine (C=N–C) groups is 1. The van der Waals surface area contributed by atoms with Gasteiger partial charge >= 0.3 is 0 Å². The van der Waals surface area contributed by atoms with Crippen LogP contribution in [0, 0.1) is 11.3 Å². The van der Waals surface area contributed by atoms with Gasteiger partial charge in [0.1, 0.15) is 12.1 Å². The third-order valence-electron chi connectivity index (χ3n) is 8.08. The van der Waals surface area contributed by atoms with E-state index in [9.17, 15) is 0 Å². The Morgan fingerprint density at radius 2 is 2.06 bits per heavy atom. The van der Waals surface area contributed by atoms with E-state index in [1.807, 2.05) is 12.4 Å². The number of fused-ring (bicyclic) bond motifs is 3. The number of methoxy groups -OCH3 is 1. The molecule has 1 aromatic carbocycles. The van der Waals surface area contributed by atoms with Crippen LogP contribution in [0.3, 0.4) is 0 Å². The van der Waals surface area contributed by atoms with Crippen molar-refractivity contribution in [3.05, 3.63) is 53.3 Å². The maximum atomic E-state index is 9.00. The summed E-state index contributed by atoms with van der Waals surface area (Å²) in [6.07, 6.45) is 9.77. The molecule has 2 N–H and O–H groups in total. The fraction of sp³-hybridized carbons (Fsp3) is 0.538. The van der Waals surface area contributed by atoms with E-state index in [0.717, 1.165) is 47.9 Å². The number of amidine groups is 1. The molecule has 162 valence electrons. The Hall–Kier alpha value is -2.40. The molecule has 4 aliphatic rings. The van der Waals surface area contributed by atoms with Crippen LogP contribution in [0.1, 0.15) is 64.4 Å². The van der Waals surface area contributed by atoms with Crippen molar-refractivity contribution in [2.24, 2.45) is 22.1 Å². The van der Waals surface area contributed by atoms with Crippen LogP contribution in [0.2, 0.25) is 0 Å². The number of aromatic nitrogens is 1. The zero-order chi connectivity index (χ0) is 23.0. The standard InChI is InChI=1S/C26H31N3O2/c1-16-11-25(8-7-23(16)30-2)12-19-6-5-18(10-22(19)26(25)15-31-24(27)29-26)21-9-20(13-28-14-21)17-3-4-17/h5-6,9-10,13-14,16-17,23H,3-4,7-8,11-12,15H2,1-2H3,(H2,27,29)/t16-,23-,25-,26+/m1/s1/i15D2. The Morgan fingerprint density at radius 1 is 1.19 bits per heavy atom. The first-order valence-corrected chi connectivity index (χ1v) is 11.4. The van der Waals surface area contributed by atoms with Crippen LogP contribution in [-0.2, 0) is 21.4 Å². The van der Waals surface area contributed by atoms with Crippen molar-refractivity contribution in [3.8, 4) is 11.1 Å². The Bertz CT molecular complexity index is 1150. The van der Waals surface area contributed by atoms with Gasteiger partial charge in [-0.3, -0.25) is 4.98 Å². The van der Waals surface area contributed by atoms with Crippen molar-refractivity contribution >= 4 is 6.02 Å². The highest BCUT2D eigenvalue weighted by Gasteiger charge is 2.62. The summed E-state index contributed by atoms with van der Waals surface area (Å²) in [5.41, 5.74) is 9.93. The highest BCUT2D eigenvalue weighted by Crippen LogP contribution is 2.62. The van der Waals surface area contributed by atoms with Gasteiger partial charge in [0.25, 0.3) is 6.02 Å². The molecule has 2 aromatic rings. The number of nitrogens with two attached hydrogens (primary N) is 1. The van der Waals surface area contributed by atoms with Crippen molar-refractivity contribution < 1.29 is 12.2 Å². The Kier molecular flexibility index (Phi) is 3.77. The SMILES string of the molecule is [2H]C1([2H])OC(N)=N[C@]12c1cc(-c3cncc(C4CC4)c3)ccc1C[C@]21CC[C@@H](OC)[C@H](C)C1. The molecule has 1 aliphatic heterocycles. The summed E-state index contributed by atoms with van der Waals surface area (Å²) in [5.74, 6) is 0.919. The summed E-state index contributed by atoms with van der Waals surface area (Å²) in [6, 6.07) is 8.58. The van der Waals surface area contributed by atoms with E-state index in [1.54, 1.807) is 7.11 Å². The Morgan fingerprint density at radius 3 is 2.77 bits per heavy atom. The zero-order valence-corrected chi connectivity index (χ0v) is 18.2. The average Bonchev–Trinajstić information content (AvgIpc) is 3.55. The quantitative estimate of drug-likeness (QED) is 0.793. The molecule has 2 fully saturated rings. The van der Waals surface area contributed by atoms with Crippen molar-refractivity contribution in [1.82, 2.24) is 4.98 Å². The predicted octanol–water partition coefficient (Wildman–Crippen LogP) is 4.54. The molecule has 4 atom stereocenters. The maximum Gasteiger partial charge on any atom is 0.283 e. The molecule has 1 aromatic heterocycles. The third kappa shape index (κ3) is 2.85. The van der Waals surface area contributed by atoms with Crippen LogP contribution in [0.5, 0.6) is 0 Å². The molecule has 0 saturated heterocycles. The summed E-state index contributed by atoms with van der Waals surface area (Å²) in [4.78, 5) is 9.30. The highest BCUT2D eigenvalue weighted by molar-refractivity contribution is 5.76. The molecule has 31 heavy (non-hydrogen) atoms. The van der Waals surface area contributed by atoms with Crippen LogP contribution in [0.15, 0.2) is 41.7 Å². The molecule has 2 heterocycles. The number of ether oxygens (including phenoxy) is 2. The number of pyridine rings is 1. The average molecular weight is 420 g/mol. The molecule has 0 amide bonds. The summed E-state index contributed by atoms with van der Waals surface area (Å²) in [6.45, 7) is 0.180. The summed E-state index contributed by atoms with van der Waals surface area (Å²) in [5, 5.41) is 0. The molecule has 5 heteroatoms. The number of hydrogen-bond donors (Lipinski definition) is 1. The summed E-state index contributed by atoms with van der Waals surface area (Å²) < 4.78 is 29.3. The Balaban J connectivity index is 1.50. The molecule has 3 aliphatic carbocycles. The monoisotopic (exact) mass is 419 g/mol. The maximum absolute atomic E-state index is 9.00. The number of benzene rings is 1. The largest absolute Gasteiger partial charge is 0.462 e. The van der Waals surface area contributed by atoms with E-state index in [1.165, 1.54) is 18.4 Å². The van der Waals surface area contributed by atoms with Gasteiger partial charge in [-0.2, -0.15) is 0 Å². The van der Waals surface area contributed by atoms with Gasteiger partial charge < -0.3 is 15.2 Å². The van der Waals surface area contributed by atoms with Gasteiger partial charge in [0.15, 0.2) is 0 Å². The molecule has 5 nitrogen and oxygen atoms in total. The van der Waals surface area contributed by atoms with Gasteiger partial charge in [0, 0.05) is 30.5 Å². The van der Waals surface area contributed by atoms with E-state index in [-0.39, 0.29) is 12.1 Å². The molecular weight excluding hydrogens is 386 g/mol. The number of rotatable bonds is 3. The predicted molar refractivity (Wildman–Crippen MR) is 121 cm³/mol. The first kappa shape index (κ1) is 17.2. The van der Waals surface area contributed by atoms with Crippen LogP contribution >= 0.6 is 0 Å². The second-order valence-electron chi connectivity index (χ2n) is 9.97. The van der Waals surface area contributed by atoms with Gasteiger partial charge in [-0.25, -0.2) is 4.99 Å². The van der Waals surface area contributed by atoms with E-state index in [4.69, 9.17) is 22.9 Å². The first-order valence-electron chi connectivity index (χ1n) is 12.4. The number of hydrogen-bond acceptors (Lipinski definition) is 5. The highest BCUT2D eigenvalue weighted by atomic mass is 16.5. The van der Waals surface area contributed by atoms with E-state index >= 15 is 0 Å². The van der Waals surface area contributed by atoms with E-state index in [2.05, 4.69) is 36.2 Å². The van der Waals surface area contributed by atoms with Crippen molar-refractivity contribution in [3.63, 3.8) is 0 Å².